The molecule has 2 heterocycles. The summed E-state index contributed by atoms with van der Waals surface area (Å²) < 4.78 is 5.28. The van der Waals surface area contributed by atoms with Crippen molar-refractivity contribution in [1.82, 2.24) is 0 Å². The Morgan fingerprint density at radius 3 is 3.28 bits per heavy atom. The van der Waals surface area contributed by atoms with Crippen molar-refractivity contribution in [2.24, 2.45) is 5.92 Å². The number of nitrogens with one attached hydrogen (secondary N) is 1. The van der Waals surface area contributed by atoms with Crippen molar-refractivity contribution in [1.29, 1.82) is 0 Å². The predicted octanol–water partition coefficient (Wildman–Crippen LogP) is 2.52. The summed E-state index contributed by atoms with van der Waals surface area (Å²) in [5.41, 5.74) is 4.25. The Balaban J connectivity index is 1.80. The van der Waals surface area contributed by atoms with Crippen molar-refractivity contribution < 1.29 is 4.74 Å². The van der Waals surface area contributed by atoms with Crippen molar-refractivity contribution in [3.8, 4) is 0 Å². The molecule has 0 aromatic heterocycles. The third-order valence-electron chi connectivity index (χ3n) is 4.08. The van der Waals surface area contributed by atoms with Gasteiger partial charge in [0.1, 0.15) is 0 Å². The van der Waals surface area contributed by atoms with Gasteiger partial charge in [-0.05, 0) is 30.9 Å². The van der Waals surface area contributed by atoms with E-state index in [2.05, 4.69) is 28.4 Å². The molecule has 1 aromatic rings. The molecule has 0 bridgehead atoms. The molecule has 2 aliphatic heterocycles. The Morgan fingerprint density at radius 1 is 1.44 bits per heavy atom. The summed E-state index contributed by atoms with van der Waals surface area (Å²) >= 11 is 0. The first-order valence-corrected chi connectivity index (χ1v) is 6.98. The maximum absolute atomic E-state index is 5.28. The number of para-hydroxylation sites is 1. The zero-order valence-electron chi connectivity index (χ0n) is 11.1. The number of hydrogen-bond acceptors (Lipinski definition) is 3. The quantitative estimate of drug-likeness (QED) is 0.887. The number of hydrogen-bond donors (Lipinski definition) is 1. The molecule has 3 heteroatoms. The zero-order valence-corrected chi connectivity index (χ0v) is 11.1. The molecule has 0 aliphatic carbocycles. The summed E-state index contributed by atoms with van der Waals surface area (Å²) in [6.07, 6.45) is 3.71. The van der Waals surface area contributed by atoms with E-state index >= 15 is 0 Å². The minimum atomic E-state index is 0.689. The third kappa shape index (κ3) is 2.19. The van der Waals surface area contributed by atoms with E-state index in [1.54, 1.807) is 7.11 Å². The van der Waals surface area contributed by atoms with Crippen molar-refractivity contribution in [3.05, 3.63) is 23.8 Å². The Hall–Kier alpha value is -1.22. The fraction of sp³-hybridized carbons (Fsp3) is 0.600. The first-order chi connectivity index (χ1) is 8.88. The standard InChI is InChI=1S/C15H22N2O/c1-18-11-12-7-9-17(10-12)14-6-2-4-13-5-3-8-16-15(13)14/h2,4,6,12,16H,3,5,7-11H2,1H3. The van der Waals surface area contributed by atoms with Crippen LogP contribution in [-0.2, 0) is 11.2 Å². The van der Waals surface area contributed by atoms with Gasteiger partial charge in [0, 0.05) is 32.7 Å². The highest BCUT2D eigenvalue weighted by Crippen LogP contribution is 2.35. The van der Waals surface area contributed by atoms with Crippen LogP contribution in [0, 0.1) is 5.92 Å². The second-order valence-electron chi connectivity index (χ2n) is 5.40. The number of fused-ring (bicyclic) bond motifs is 1. The van der Waals surface area contributed by atoms with Gasteiger partial charge in [0.05, 0.1) is 18.0 Å². The number of aryl methyl sites for hydroxylation is 1. The van der Waals surface area contributed by atoms with Crippen LogP contribution in [0.5, 0.6) is 0 Å². The second-order valence-corrected chi connectivity index (χ2v) is 5.40. The highest BCUT2D eigenvalue weighted by molar-refractivity contribution is 5.74. The summed E-state index contributed by atoms with van der Waals surface area (Å²) in [7, 11) is 1.80. The van der Waals surface area contributed by atoms with Gasteiger partial charge in [0.15, 0.2) is 0 Å². The maximum Gasteiger partial charge on any atom is 0.0610 e. The van der Waals surface area contributed by atoms with Gasteiger partial charge >= 0.3 is 0 Å². The molecule has 98 valence electrons. The highest BCUT2D eigenvalue weighted by atomic mass is 16.5. The molecule has 1 aromatic carbocycles. The molecule has 0 radical (unpaired) electrons. The number of nitrogens with zero attached hydrogens (tertiary/aromatic N) is 1. The lowest BCUT2D eigenvalue weighted by molar-refractivity contribution is 0.161. The SMILES string of the molecule is COCC1CCN(c2cccc3c2NCCC3)C1. The number of benzene rings is 1. The van der Waals surface area contributed by atoms with Gasteiger partial charge in [-0.15, -0.1) is 0 Å². The van der Waals surface area contributed by atoms with Crippen LogP contribution in [0.4, 0.5) is 11.4 Å². The summed E-state index contributed by atoms with van der Waals surface area (Å²) in [6.45, 7) is 4.29. The number of methoxy groups -OCH3 is 1. The molecular weight excluding hydrogens is 224 g/mol. The Morgan fingerprint density at radius 2 is 2.39 bits per heavy atom. The van der Waals surface area contributed by atoms with Gasteiger partial charge < -0.3 is 15.0 Å². The van der Waals surface area contributed by atoms with Crippen LogP contribution in [0.15, 0.2) is 18.2 Å². The number of ether oxygens (including phenoxy) is 1. The number of anilines is 2. The minimum absolute atomic E-state index is 0.689. The van der Waals surface area contributed by atoms with E-state index in [-0.39, 0.29) is 0 Å². The molecule has 3 nitrogen and oxygen atoms in total. The van der Waals surface area contributed by atoms with E-state index in [0.29, 0.717) is 5.92 Å². The Labute approximate surface area is 109 Å². The van der Waals surface area contributed by atoms with Crippen LogP contribution in [0.3, 0.4) is 0 Å². The first kappa shape index (κ1) is 11.8. The Kier molecular flexibility index (Phi) is 3.41. The van der Waals surface area contributed by atoms with E-state index in [9.17, 15) is 0 Å². The third-order valence-corrected chi connectivity index (χ3v) is 4.08. The van der Waals surface area contributed by atoms with Gasteiger partial charge in [0.2, 0.25) is 0 Å². The van der Waals surface area contributed by atoms with E-state index in [1.165, 1.54) is 36.2 Å². The first-order valence-electron chi connectivity index (χ1n) is 6.98. The maximum atomic E-state index is 5.28. The molecule has 1 unspecified atom stereocenters. The summed E-state index contributed by atoms with van der Waals surface area (Å²) in [5.74, 6) is 0.689. The van der Waals surface area contributed by atoms with Crippen LogP contribution in [0.25, 0.3) is 0 Å². The van der Waals surface area contributed by atoms with Gasteiger partial charge in [-0.2, -0.15) is 0 Å². The highest BCUT2D eigenvalue weighted by Gasteiger charge is 2.25. The largest absolute Gasteiger partial charge is 0.384 e. The topological polar surface area (TPSA) is 24.5 Å². The van der Waals surface area contributed by atoms with E-state index in [0.717, 1.165) is 26.2 Å². The zero-order chi connectivity index (χ0) is 12.4. The second kappa shape index (κ2) is 5.19. The van der Waals surface area contributed by atoms with Crippen LogP contribution < -0.4 is 10.2 Å². The van der Waals surface area contributed by atoms with E-state index in [4.69, 9.17) is 4.74 Å². The van der Waals surface area contributed by atoms with Crippen molar-refractivity contribution in [2.45, 2.75) is 19.3 Å². The molecule has 0 spiro atoms. The van der Waals surface area contributed by atoms with E-state index < -0.39 is 0 Å². The molecule has 18 heavy (non-hydrogen) atoms. The average molecular weight is 246 g/mol. The lowest BCUT2D eigenvalue weighted by atomic mass is 10.0. The van der Waals surface area contributed by atoms with Crippen LogP contribution in [0.1, 0.15) is 18.4 Å². The monoisotopic (exact) mass is 246 g/mol. The van der Waals surface area contributed by atoms with E-state index in [1.807, 2.05) is 0 Å². The summed E-state index contributed by atoms with van der Waals surface area (Å²) in [6, 6.07) is 6.71. The molecule has 1 atom stereocenters. The molecule has 1 N–H and O–H groups in total. The summed E-state index contributed by atoms with van der Waals surface area (Å²) in [4.78, 5) is 2.51. The molecular formula is C15H22N2O. The van der Waals surface area contributed by atoms with Gasteiger partial charge in [-0.1, -0.05) is 12.1 Å². The predicted molar refractivity (Wildman–Crippen MR) is 75.4 cm³/mol. The van der Waals surface area contributed by atoms with Gasteiger partial charge in [0.25, 0.3) is 0 Å². The van der Waals surface area contributed by atoms with Crippen LogP contribution in [0.2, 0.25) is 0 Å². The summed E-state index contributed by atoms with van der Waals surface area (Å²) in [5, 5.41) is 3.58. The minimum Gasteiger partial charge on any atom is -0.384 e. The van der Waals surface area contributed by atoms with Crippen molar-refractivity contribution in [3.63, 3.8) is 0 Å². The lowest BCUT2D eigenvalue weighted by Gasteiger charge is -2.27. The van der Waals surface area contributed by atoms with Crippen LogP contribution >= 0.6 is 0 Å². The van der Waals surface area contributed by atoms with Gasteiger partial charge in [-0.3, -0.25) is 0 Å². The molecule has 3 rings (SSSR count). The molecule has 2 aliphatic rings. The normalized spacial score (nSPS) is 22.7. The molecule has 0 saturated carbocycles. The Bertz CT molecular complexity index is 419. The smallest absolute Gasteiger partial charge is 0.0610 e. The fourth-order valence-electron chi connectivity index (χ4n) is 3.18. The van der Waals surface area contributed by atoms with Gasteiger partial charge in [-0.25, -0.2) is 0 Å². The average Bonchev–Trinajstić information content (AvgIpc) is 2.87. The molecule has 0 amide bonds. The fourth-order valence-corrected chi connectivity index (χ4v) is 3.18. The van der Waals surface area contributed by atoms with Crippen molar-refractivity contribution in [2.75, 3.05) is 43.6 Å². The lowest BCUT2D eigenvalue weighted by Crippen LogP contribution is -2.24. The molecule has 1 saturated heterocycles. The van der Waals surface area contributed by atoms with Crippen molar-refractivity contribution >= 4 is 11.4 Å². The molecule has 1 fully saturated rings. The number of rotatable bonds is 3. The van der Waals surface area contributed by atoms with Crippen LogP contribution in [-0.4, -0.2) is 33.4 Å².